The van der Waals surface area contributed by atoms with E-state index in [2.05, 4.69) is 46.1 Å². The lowest BCUT2D eigenvalue weighted by atomic mass is 9.90. The van der Waals surface area contributed by atoms with Crippen molar-refractivity contribution in [1.82, 2.24) is 5.32 Å². The number of methoxy groups -OCH3 is 1. The fourth-order valence-corrected chi connectivity index (χ4v) is 3.14. The normalized spacial score (nSPS) is 18.4. The first-order valence-electron chi connectivity index (χ1n) is 6.97. The largest absolute Gasteiger partial charge is 0.495 e. The van der Waals surface area contributed by atoms with Gasteiger partial charge >= 0.3 is 0 Å². The standard InChI is InChI=1S/C15H23BrN2O/c1-4-15(5-2)11-18(9-8-17-15)13-10-12(16)6-7-14(13)19-3/h6-7,10,17H,4-5,8-9,11H2,1-3H3. The zero-order valence-electron chi connectivity index (χ0n) is 12.0. The monoisotopic (exact) mass is 326 g/mol. The van der Waals surface area contributed by atoms with E-state index in [1.165, 1.54) is 5.69 Å². The number of piperazine rings is 1. The molecule has 2 rings (SSSR count). The van der Waals surface area contributed by atoms with Gasteiger partial charge in [0.2, 0.25) is 0 Å². The molecule has 1 aromatic rings. The Kier molecular flexibility index (Phi) is 4.74. The summed E-state index contributed by atoms with van der Waals surface area (Å²) in [5.74, 6) is 0.950. The van der Waals surface area contributed by atoms with Gasteiger partial charge in [-0.15, -0.1) is 0 Å². The molecule has 0 spiro atoms. The molecule has 1 aliphatic rings. The molecule has 1 N–H and O–H groups in total. The molecule has 0 aliphatic carbocycles. The number of ether oxygens (including phenoxy) is 1. The lowest BCUT2D eigenvalue weighted by molar-refractivity contribution is 0.276. The number of hydrogen-bond acceptors (Lipinski definition) is 3. The summed E-state index contributed by atoms with van der Waals surface area (Å²) in [6.45, 7) is 7.61. The van der Waals surface area contributed by atoms with E-state index in [0.717, 1.165) is 42.7 Å². The van der Waals surface area contributed by atoms with Gasteiger partial charge in [-0.2, -0.15) is 0 Å². The van der Waals surface area contributed by atoms with E-state index in [1.807, 2.05) is 12.1 Å². The van der Waals surface area contributed by atoms with E-state index in [1.54, 1.807) is 7.11 Å². The Morgan fingerprint density at radius 3 is 2.74 bits per heavy atom. The van der Waals surface area contributed by atoms with Crippen LogP contribution < -0.4 is 15.0 Å². The van der Waals surface area contributed by atoms with Gasteiger partial charge in [0.15, 0.2) is 0 Å². The first kappa shape index (κ1) is 14.7. The molecule has 1 fully saturated rings. The molecular weight excluding hydrogens is 304 g/mol. The SMILES string of the molecule is CCC1(CC)CN(c2cc(Br)ccc2OC)CCN1. The van der Waals surface area contributed by atoms with Gasteiger partial charge in [-0.1, -0.05) is 29.8 Å². The first-order chi connectivity index (χ1) is 9.14. The maximum absolute atomic E-state index is 5.51. The quantitative estimate of drug-likeness (QED) is 0.917. The van der Waals surface area contributed by atoms with E-state index >= 15 is 0 Å². The number of halogens is 1. The van der Waals surface area contributed by atoms with E-state index in [9.17, 15) is 0 Å². The second-order valence-corrected chi connectivity index (χ2v) is 6.07. The van der Waals surface area contributed by atoms with E-state index in [4.69, 9.17) is 4.74 Å². The van der Waals surface area contributed by atoms with Crippen molar-refractivity contribution in [3.05, 3.63) is 22.7 Å². The summed E-state index contributed by atoms with van der Waals surface area (Å²) in [4.78, 5) is 2.44. The average Bonchev–Trinajstić information content (AvgIpc) is 2.47. The van der Waals surface area contributed by atoms with Crippen LogP contribution in [0.4, 0.5) is 5.69 Å². The molecule has 1 saturated heterocycles. The molecule has 0 bridgehead atoms. The Morgan fingerprint density at radius 1 is 1.37 bits per heavy atom. The van der Waals surface area contributed by atoms with Crippen molar-refractivity contribution < 1.29 is 4.74 Å². The number of nitrogens with one attached hydrogen (secondary N) is 1. The highest BCUT2D eigenvalue weighted by Crippen LogP contribution is 2.34. The van der Waals surface area contributed by atoms with Gasteiger partial charge in [0.25, 0.3) is 0 Å². The summed E-state index contributed by atoms with van der Waals surface area (Å²) in [6, 6.07) is 6.21. The van der Waals surface area contributed by atoms with Gasteiger partial charge < -0.3 is 15.0 Å². The van der Waals surface area contributed by atoms with Crippen LogP contribution in [0.15, 0.2) is 22.7 Å². The van der Waals surface area contributed by atoms with Crippen molar-refractivity contribution in [3.63, 3.8) is 0 Å². The van der Waals surface area contributed by atoms with Crippen molar-refractivity contribution in [2.45, 2.75) is 32.2 Å². The summed E-state index contributed by atoms with van der Waals surface area (Å²) in [5, 5.41) is 3.69. The van der Waals surface area contributed by atoms with Crippen LogP contribution in [0.3, 0.4) is 0 Å². The van der Waals surface area contributed by atoms with Crippen LogP contribution in [0.2, 0.25) is 0 Å². The molecule has 0 saturated carbocycles. The predicted molar refractivity (Wildman–Crippen MR) is 84.2 cm³/mol. The van der Waals surface area contributed by atoms with Crippen LogP contribution in [0.5, 0.6) is 5.75 Å². The van der Waals surface area contributed by atoms with E-state index in [-0.39, 0.29) is 5.54 Å². The maximum Gasteiger partial charge on any atom is 0.142 e. The lowest BCUT2D eigenvalue weighted by Crippen LogP contribution is -2.60. The van der Waals surface area contributed by atoms with Gasteiger partial charge in [-0.25, -0.2) is 0 Å². The van der Waals surface area contributed by atoms with Crippen LogP contribution in [-0.2, 0) is 0 Å². The molecule has 4 heteroatoms. The number of hydrogen-bond donors (Lipinski definition) is 1. The Labute approximate surface area is 124 Å². The molecule has 1 aromatic carbocycles. The summed E-state index contributed by atoms with van der Waals surface area (Å²) < 4.78 is 6.60. The lowest BCUT2D eigenvalue weighted by Gasteiger charge is -2.44. The Balaban J connectivity index is 2.28. The topological polar surface area (TPSA) is 24.5 Å². The van der Waals surface area contributed by atoms with Crippen molar-refractivity contribution >= 4 is 21.6 Å². The van der Waals surface area contributed by atoms with Crippen LogP contribution in [0.25, 0.3) is 0 Å². The van der Waals surface area contributed by atoms with Gasteiger partial charge in [0.1, 0.15) is 5.75 Å². The molecule has 0 aromatic heterocycles. The summed E-state index contributed by atoms with van der Waals surface area (Å²) in [5.41, 5.74) is 1.41. The van der Waals surface area contributed by atoms with Crippen molar-refractivity contribution in [2.75, 3.05) is 31.6 Å². The van der Waals surface area contributed by atoms with Gasteiger partial charge in [0.05, 0.1) is 12.8 Å². The smallest absolute Gasteiger partial charge is 0.142 e. The highest BCUT2D eigenvalue weighted by molar-refractivity contribution is 9.10. The van der Waals surface area contributed by atoms with Gasteiger partial charge in [-0.3, -0.25) is 0 Å². The molecular formula is C15H23BrN2O. The van der Waals surface area contributed by atoms with E-state index < -0.39 is 0 Å². The molecule has 19 heavy (non-hydrogen) atoms. The summed E-state index contributed by atoms with van der Waals surface area (Å²) in [7, 11) is 1.74. The van der Waals surface area contributed by atoms with Crippen molar-refractivity contribution in [2.24, 2.45) is 0 Å². The maximum atomic E-state index is 5.51. The average molecular weight is 327 g/mol. The molecule has 106 valence electrons. The molecule has 0 radical (unpaired) electrons. The van der Waals surface area contributed by atoms with Crippen LogP contribution in [-0.4, -0.2) is 32.3 Å². The highest BCUT2D eigenvalue weighted by atomic mass is 79.9. The fraction of sp³-hybridized carbons (Fsp3) is 0.600. The fourth-order valence-electron chi connectivity index (χ4n) is 2.80. The molecule has 0 atom stereocenters. The molecule has 1 heterocycles. The second-order valence-electron chi connectivity index (χ2n) is 5.15. The number of rotatable bonds is 4. The Morgan fingerprint density at radius 2 is 2.11 bits per heavy atom. The van der Waals surface area contributed by atoms with E-state index in [0.29, 0.717) is 0 Å². The number of anilines is 1. The minimum atomic E-state index is 0.228. The zero-order chi connectivity index (χ0) is 13.9. The highest BCUT2D eigenvalue weighted by Gasteiger charge is 2.32. The molecule has 0 unspecified atom stereocenters. The molecule has 1 aliphatic heterocycles. The van der Waals surface area contributed by atoms with Crippen LogP contribution in [0.1, 0.15) is 26.7 Å². The summed E-state index contributed by atoms with van der Waals surface area (Å²) in [6.07, 6.45) is 2.30. The van der Waals surface area contributed by atoms with Gasteiger partial charge in [0, 0.05) is 29.6 Å². The molecule has 0 amide bonds. The minimum Gasteiger partial charge on any atom is -0.495 e. The Hall–Kier alpha value is -0.740. The van der Waals surface area contributed by atoms with Gasteiger partial charge in [-0.05, 0) is 31.0 Å². The number of benzene rings is 1. The third-order valence-electron chi connectivity index (χ3n) is 4.21. The molecule has 3 nitrogen and oxygen atoms in total. The number of nitrogens with zero attached hydrogens (tertiary/aromatic N) is 1. The third kappa shape index (κ3) is 3.06. The zero-order valence-corrected chi connectivity index (χ0v) is 13.6. The van der Waals surface area contributed by atoms with Crippen LogP contribution in [0, 0.1) is 0 Å². The van der Waals surface area contributed by atoms with Crippen LogP contribution >= 0.6 is 15.9 Å². The minimum absolute atomic E-state index is 0.228. The van der Waals surface area contributed by atoms with Crippen molar-refractivity contribution in [1.29, 1.82) is 0 Å². The third-order valence-corrected chi connectivity index (χ3v) is 4.70. The summed E-state index contributed by atoms with van der Waals surface area (Å²) >= 11 is 3.56. The first-order valence-corrected chi connectivity index (χ1v) is 7.77. The van der Waals surface area contributed by atoms with Crippen molar-refractivity contribution in [3.8, 4) is 5.75 Å². The Bertz CT molecular complexity index is 432. The predicted octanol–water partition coefficient (Wildman–Crippen LogP) is 3.43. The second kappa shape index (κ2) is 6.14.